The Kier molecular flexibility index (Phi) is 5.87. The Morgan fingerprint density at radius 1 is 1.53 bits per heavy atom. The lowest BCUT2D eigenvalue weighted by Gasteiger charge is -2.26. The van der Waals surface area contributed by atoms with Crippen molar-refractivity contribution >= 4 is 12.0 Å². The summed E-state index contributed by atoms with van der Waals surface area (Å²) >= 11 is 0. The van der Waals surface area contributed by atoms with Crippen LogP contribution >= 0.6 is 0 Å². The molecule has 1 atom stereocenters. The summed E-state index contributed by atoms with van der Waals surface area (Å²) in [6.07, 6.45) is 2.11. The number of nitrogens with zero attached hydrogens (tertiary/aromatic N) is 1. The number of hydrogen-bond acceptors (Lipinski definition) is 4. The van der Waals surface area contributed by atoms with Crippen molar-refractivity contribution in [1.82, 2.24) is 0 Å². The molecule has 0 fully saturated rings. The largest absolute Gasteiger partial charge is 0.466 e. The molecule has 0 bridgehead atoms. The van der Waals surface area contributed by atoms with Crippen molar-refractivity contribution < 1.29 is 14.3 Å². The number of esters is 1. The number of isocyanates is 1. The van der Waals surface area contributed by atoms with Crippen molar-refractivity contribution in [3.8, 4) is 0 Å². The van der Waals surface area contributed by atoms with E-state index in [-0.39, 0.29) is 12.5 Å². The summed E-state index contributed by atoms with van der Waals surface area (Å²) in [6, 6.07) is 0. The fraction of sp³-hybridized carbons (Fsp3) is 0.818. The van der Waals surface area contributed by atoms with Crippen molar-refractivity contribution in [2.75, 3.05) is 13.2 Å². The third-order valence-corrected chi connectivity index (χ3v) is 2.12. The van der Waals surface area contributed by atoms with Gasteiger partial charge in [0.2, 0.25) is 6.08 Å². The fourth-order valence-electron chi connectivity index (χ4n) is 1.63. The van der Waals surface area contributed by atoms with E-state index in [0.717, 1.165) is 0 Å². The summed E-state index contributed by atoms with van der Waals surface area (Å²) < 4.78 is 4.98. The summed E-state index contributed by atoms with van der Waals surface area (Å²) in [4.78, 5) is 25.3. The predicted octanol–water partition coefficient (Wildman–Crippen LogP) is 1.94. The summed E-state index contributed by atoms with van der Waals surface area (Å²) in [6.45, 7) is 8.05. The molecule has 0 aromatic rings. The van der Waals surface area contributed by atoms with Crippen LogP contribution in [0.15, 0.2) is 4.99 Å². The van der Waals surface area contributed by atoms with Gasteiger partial charge in [-0.1, -0.05) is 13.8 Å². The number of ether oxygens (including phenoxy) is 1. The molecule has 0 saturated heterocycles. The lowest BCUT2D eigenvalue weighted by molar-refractivity contribution is -0.154. The van der Waals surface area contributed by atoms with Crippen LogP contribution in [0.1, 0.15) is 34.1 Å². The first-order valence-corrected chi connectivity index (χ1v) is 5.17. The average Bonchev–Trinajstić information content (AvgIpc) is 2.14. The van der Waals surface area contributed by atoms with E-state index in [1.165, 1.54) is 6.08 Å². The minimum absolute atomic E-state index is 0.146. The second kappa shape index (κ2) is 6.36. The van der Waals surface area contributed by atoms with E-state index in [1.54, 1.807) is 13.8 Å². The zero-order valence-corrected chi connectivity index (χ0v) is 9.87. The van der Waals surface area contributed by atoms with Crippen LogP contribution in [0.25, 0.3) is 0 Å². The van der Waals surface area contributed by atoms with Crippen LogP contribution in [0.4, 0.5) is 0 Å². The van der Waals surface area contributed by atoms with Gasteiger partial charge in [0.05, 0.1) is 18.6 Å². The van der Waals surface area contributed by atoms with Crippen LogP contribution in [-0.2, 0) is 14.3 Å². The third kappa shape index (κ3) is 4.75. The molecular formula is C11H19NO3. The number of rotatable bonds is 6. The zero-order chi connectivity index (χ0) is 11.9. The molecule has 0 rings (SSSR count). The summed E-state index contributed by atoms with van der Waals surface area (Å²) in [5.74, 6) is 0.0546. The van der Waals surface area contributed by atoms with Gasteiger partial charge in [-0.05, 0) is 26.2 Å². The smallest absolute Gasteiger partial charge is 0.313 e. The van der Waals surface area contributed by atoms with Crippen LogP contribution in [0, 0.1) is 11.3 Å². The molecule has 4 heteroatoms. The van der Waals surface area contributed by atoms with Gasteiger partial charge < -0.3 is 4.74 Å². The first-order chi connectivity index (χ1) is 6.96. The normalized spacial score (nSPS) is 14.2. The van der Waals surface area contributed by atoms with Crippen LogP contribution in [0.2, 0.25) is 0 Å². The maximum Gasteiger partial charge on any atom is 0.313 e. The Hall–Kier alpha value is -1.15. The fourth-order valence-corrected chi connectivity index (χ4v) is 1.63. The van der Waals surface area contributed by atoms with E-state index in [0.29, 0.717) is 18.9 Å². The molecule has 0 amide bonds. The molecule has 0 radical (unpaired) electrons. The highest BCUT2D eigenvalue weighted by Gasteiger charge is 2.35. The van der Waals surface area contributed by atoms with E-state index >= 15 is 0 Å². The minimum atomic E-state index is -0.707. The van der Waals surface area contributed by atoms with Gasteiger partial charge in [0.15, 0.2) is 0 Å². The van der Waals surface area contributed by atoms with Gasteiger partial charge in [0.25, 0.3) is 0 Å². The molecule has 0 aliphatic heterocycles. The average molecular weight is 213 g/mol. The standard InChI is InChI=1S/C11H19NO3/c1-5-15-10(14)11(4,6-9(2)3)7-12-8-13/h9H,5-7H2,1-4H3. The van der Waals surface area contributed by atoms with Crippen molar-refractivity contribution in [3.05, 3.63) is 0 Å². The highest BCUT2D eigenvalue weighted by atomic mass is 16.5. The van der Waals surface area contributed by atoms with E-state index in [4.69, 9.17) is 4.74 Å². The maximum absolute atomic E-state index is 11.7. The first kappa shape index (κ1) is 13.8. The minimum Gasteiger partial charge on any atom is -0.466 e. The Morgan fingerprint density at radius 2 is 2.13 bits per heavy atom. The number of carbonyl (C=O) groups is 1. The molecule has 0 aliphatic carbocycles. The molecule has 15 heavy (non-hydrogen) atoms. The Balaban J connectivity index is 4.66. The lowest BCUT2D eigenvalue weighted by Crippen LogP contribution is -2.34. The van der Waals surface area contributed by atoms with Gasteiger partial charge >= 0.3 is 5.97 Å². The SMILES string of the molecule is CCOC(=O)C(C)(CN=C=O)CC(C)C. The molecule has 0 N–H and O–H groups in total. The van der Waals surface area contributed by atoms with E-state index in [9.17, 15) is 9.59 Å². The third-order valence-electron chi connectivity index (χ3n) is 2.12. The molecule has 1 unspecified atom stereocenters. The Morgan fingerprint density at radius 3 is 2.53 bits per heavy atom. The van der Waals surface area contributed by atoms with Crippen LogP contribution in [-0.4, -0.2) is 25.2 Å². The maximum atomic E-state index is 11.7. The van der Waals surface area contributed by atoms with E-state index < -0.39 is 5.41 Å². The highest BCUT2D eigenvalue weighted by Crippen LogP contribution is 2.28. The second-order valence-electron chi connectivity index (χ2n) is 4.29. The molecule has 0 aromatic carbocycles. The van der Waals surface area contributed by atoms with Gasteiger partial charge in [-0.2, -0.15) is 0 Å². The molecule has 0 heterocycles. The topological polar surface area (TPSA) is 55.7 Å². The molecule has 86 valence electrons. The molecule has 0 spiro atoms. The summed E-state index contributed by atoms with van der Waals surface area (Å²) in [5, 5.41) is 0. The monoisotopic (exact) mass is 213 g/mol. The molecule has 0 saturated carbocycles. The van der Waals surface area contributed by atoms with Crippen molar-refractivity contribution in [2.24, 2.45) is 16.3 Å². The summed E-state index contributed by atoms with van der Waals surface area (Å²) in [5.41, 5.74) is -0.707. The van der Waals surface area contributed by atoms with Gasteiger partial charge in [0.1, 0.15) is 0 Å². The molecule has 4 nitrogen and oxygen atoms in total. The van der Waals surface area contributed by atoms with Crippen LogP contribution in [0.3, 0.4) is 0 Å². The van der Waals surface area contributed by atoms with Crippen LogP contribution in [0.5, 0.6) is 0 Å². The van der Waals surface area contributed by atoms with E-state index in [2.05, 4.69) is 4.99 Å². The number of hydrogen-bond donors (Lipinski definition) is 0. The number of carbonyl (C=O) groups excluding carboxylic acids is 2. The van der Waals surface area contributed by atoms with Gasteiger partial charge in [-0.3, -0.25) is 4.79 Å². The van der Waals surface area contributed by atoms with Crippen molar-refractivity contribution in [3.63, 3.8) is 0 Å². The quantitative estimate of drug-likeness (QED) is 0.385. The predicted molar refractivity (Wildman–Crippen MR) is 57.2 cm³/mol. The molecular weight excluding hydrogens is 194 g/mol. The van der Waals surface area contributed by atoms with Crippen molar-refractivity contribution in [2.45, 2.75) is 34.1 Å². The van der Waals surface area contributed by atoms with Crippen LogP contribution < -0.4 is 0 Å². The van der Waals surface area contributed by atoms with Gasteiger partial charge in [0, 0.05) is 0 Å². The summed E-state index contributed by atoms with van der Waals surface area (Å²) in [7, 11) is 0. The second-order valence-corrected chi connectivity index (χ2v) is 4.29. The number of aliphatic imine (C=N–C) groups is 1. The Bertz CT molecular complexity index is 257. The first-order valence-electron chi connectivity index (χ1n) is 5.17. The van der Waals surface area contributed by atoms with Crippen molar-refractivity contribution in [1.29, 1.82) is 0 Å². The zero-order valence-electron chi connectivity index (χ0n) is 9.87. The highest BCUT2D eigenvalue weighted by molar-refractivity contribution is 5.76. The van der Waals surface area contributed by atoms with E-state index in [1.807, 2.05) is 13.8 Å². The Labute approximate surface area is 90.7 Å². The lowest BCUT2D eigenvalue weighted by atomic mass is 9.82. The van der Waals surface area contributed by atoms with Gasteiger partial charge in [-0.15, -0.1) is 0 Å². The van der Waals surface area contributed by atoms with Gasteiger partial charge in [-0.25, -0.2) is 9.79 Å². The molecule has 0 aliphatic rings. The molecule has 0 aromatic heterocycles.